The van der Waals surface area contributed by atoms with Crippen LogP contribution in [0, 0.1) is 12.8 Å². The number of carbonyl (C=O) groups is 1. The Morgan fingerprint density at radius 3 is 2.76 bits per heavy atom. The first-order chi connectivity index (χ1) is 8.08. The minimum absolute atomic E-state index is 0.288. The molecule has 3 N–H and O–H groups in total. The van der Waals surface area contributed by atoms with Crippen LogP contribution in [0.3, 0.4) is 0 Å². The van der Waals surface area contributed by atoms with Crippen molar-refractivity contribution in [2.45, 2.75) is 25.9 Å². The number of carboxylic acid groups (broad SMARTS) is 1. The molecular formula is C13H17NO3. The Labute approximate surface area is 100 Å². The fraction of sp³-hybridized carbons (Fsp3) is 0.462. The maximum Gasteiger partial charge on any atom is 0.335 e. The number of hydrogen-bond acceptors (Lipinski definition) is 3. The normalized spacial score (nSPS) is 16.6. The average Bonchev–Trinajstić information content (AvgIpc) is 3.10. The van der Waals surface area contributed by atoms with Gasteiger partial charge in [-0.15, -0.1) is 0 Å². The van der Waals surface area contributed by atoms with Crippen molar-refractivity contribution in [1.29, 1.82) is 0 Å². The van der Waals surface area contributed by atoms with Gasteiger partial charge in [0.1, 0.15) is 0 Å². The molecule has 1 aliphatic rings. The van der Waals surface area contributed by atoms with Crippen LogP contribution in [-0.2, 0) is 0 Å². The summed E-state index contributed by atoms with van der Waals surface area (Å²) in [6.07, 6.45) is 1.92. The standard InChI is InChI=1S/C13H17NO3/c1-8-6-10(13(16)17)4-5-11(8)14-7-12(15)9-2-3-9/h4-6,9,12,14-15H,2-3,7H2,1H3,(H,16,17). The predicted octanol–water partition coefficient (Wildman–Crippen LogP) is 1.88. The van der Waals surface area contributed by atoms with Gasteiger partial charge in [0.05, 0.1) is 11.7 Å². The van der Waals surface area contributed by atoms with Gasteiger partial charge in [0, 0.05) is 12.2 Å². The van der Waals surface area contributed by atoms with Crippen LogP contribution in [-0.4, -0.2) is 28.8 Å². The average molecular weight is 235 g/mol. The molecule has 1 aromatic rings. The fourth-order valence-corrected chi connectivity index (χ4v) is 1.86. The smallest absolute Gasteiger partial charge is 0.335 e. The van der Waals surface area contributed by atoms with E-state index in [-0.39, 0.29) is 11.7 Å². The van der Waals surface area contributed by atoms with E-state index in [4.69, 9.17) is 5.11 Å². The summed E-state index contributed by atoms with van der Waals surface area (Å²) < 4.78 is 0. The third kappa shape index (κ3) is 2.97. The van der Waals surface area contributed by atoms with E-state index in [1.165, 1.54) is 0 Å². The van der Waals surface area contributed by atoms with Gasteiger partial charge in [0.2, 0.25) is 0 Å². The summed E-state index contributed by atoms with van der Waals surface area (Å²) >= 11 is 0. The van der Waals surface area contributed by atoms with E-state index in [9.17, 15) is 9.90 Å². The van der Waals surface area contributed by atoms with Crippen molar-refractivity contribution >= 4 is 11.7 Å². The molecule has 4 nitrogen and oxygen atoms in total. The molecule has 0 bridgehead atoms. The second kappa shape index (κ2) is 4.75. The topological polar surface area (TPSA) is 69.6 Å². The van der Waals surface area contributed by atoms with E-state index in [1.54, 1.807) is 18.2 Å². The van der Waals surface area contributed by atoms with E-state index in [0.717, 1.165) is 24.1 Å². The molecule has 92 valence electrons. The highest BCUT2D eigenvalue weighted by Gasteiger charge is 2.29. The number of nitrogens with one attached hydrogen (secondary N) is 1. The van der Waals surface area contributed by atoms with Gasteiger partial charge in [0.25, 0.3) is 0 Å². The van der Waals surface area contributed by atoms with Crippen LogP contribution in [0.4, 0.5) is 5.69 Å². The van der Waals surface area contributed by atoms with E-state index in [2.05, 4.69) is 5.32 Å². The lowest BCUT2D eigenvalue weighted by atomic mass is 10.1. The molecule has 1 aromatic carbocycles. The SMILES string of the molecule is Cc1cc(C(=O)O)ccc1NCC(O)C1CC1. The third-order valence-electron chi connectivity index (χ3n) is 3.14. The molecule has 0 radical (unpaired) electrons. The summed E-state index contributed by atoms with van der Waals surface area (Å²) in [5.41, 5.74) is 2.05. The van der Waals surface area contributed by atoms with Crippen LogP contribution in [0.25, 0.3) is 0 Å². The van der Waals surface area contributed by atoms with Crippen LogP contribution in [0.15, 0.2) is 18.2 Å². The minimum atomic E-state index is -0.919. The highest BCUT2D eigenvalue weighted by atomic mass is 16.4. The van der Waals surface area contributed by atoms with Crippen LogP contribution in [0.5, 0.6) is 0 Å². The fourth-order valence-electron chi connectivity index (χ4n) is 1.86. The highest BCUT2D eigenvalue weighted by Crippen LogP contribution is 2.32. The molecule has 0 heterocycles. The quantitative estimate of drug-likeness (QED) is 0.728. The van der Waals surface area contributed by atoms with Gasteiger partial charge >= 0.3 is 5.97 Å². The third-order valence-corrected chi connectivity index (χ3v) is 3.14. The number of carboxylic acids is 1. The van der Waals surface area contributed by atoms with Crippen molar-refractivity contribution in [3.8, 4) is 0 Å². The minimum Gasteiger partial charge on any atom is -0.478 e. The van der Waals surface area contributed by atoms with Gasteiger partial charge in [-0.3, -0.25) is 0 Å². The molecule has 2 rings (SSSR count). The Kier molecular flexibility index (Phi) is 3.33. The summed E-state index contributed by atoms with van der Waals surface area (Å²) in [4.78, 5) is 10.8. The highest BCUT2D eigenvalue weighted by molar-refractivity contribution is 5.88. The van der Waals surface area contributed by atoms with Crippen molar-refractivity contribution in [2.75, 3.05) is 11.9 Å². The van der Waals surface area contributed by atoms with Crippen LogP contribution in [0.1, 0.15) is 28.8 Å². The van der Waals surface area contributed by atoms with Gasteiger partial charge in [-0.2, -0.15) is 0 Å². The molecular weight excluding hydrogens is 218 g/mol. The number of aliphatic hydroxyl groups is 1. The Bertz CT molecular complexity index is 427. The van der Waals surface area contributed by atoms with Gasteiger partial charge in [-0.05, 0) is 49.4 Å². The zero-order valence-electron chi connectivity index (χ0n) is 9.81. The number of aryl methyl sites for hydroxylation is 1. The Morgan fingerprint density at radius 2 is 2.24 bits per heavy atom. The molecule has 1 aliphatic carbocycles. The summed E-state index contributed by atoms with van der Waals surface area (Å²) in [6, 6.07) is 4.95. The Balaban J connectivity index is 1.98. The zero-order valence-corrected chi connectivity index (χ0v) is 9.81. The molecule has 0 amide bonds. The Morgan fingerprint density at radius 1 is 1.53 bits per heavy atom. The van der Waals surface area contributed by atoms with Crippen molar-refractivity contribution in [3.63, 3.8) is 0 Å². The number of benzene rings is 1. The first kappa shape index (κ1) is 11.9. The maximum absolute atomic E-state index is 10.8. The lowest BCUT2D eigenvalue weighted by Gasteiger charge is -2.14. The summed E-state index contributed by atoms with van der Waals surface area (Å²) in [7, 11) is 0. The van der Waals surface area contributed by atoms with Crippen LogP contribution in [0.2, 0.25) is 0 Å². The molecule has 4 heteroatoms. The van der Waals surface area contributed by atoms with E-state index < -0.39 is 5.97 Å². The molecule has 1 atom stereocenters. The lowest BCUT2D eigenvalue weighted by molar-refractivity contribution is 0.0697. The molecule has 0 aliphatic heterocycles. The van der Waals surface area contributed by atoms with Gasteiger partial charge in [0.15, 0.2) is 0 Å². The monoisotopic (exact) mass is 235 g/mol. The van der Waals surface area contributed by atoms with E-state index >= 15 is 0 Å². The summed E-state index contributed by atoms with van der Waals surface area (Å²) in [5, 5.41) is 21.7. The van der Waals surface area contributed by atoms with Crippen molar-refractivity contribution < 1.29 is 15.0 Å². The van der Waals surface area contributed by atoms with Gasteiger partial charge < -0.3 is 15.5 Å². The molecule has 1 saturated carbocycles. The molecule has 1 unspecified atom stereocenters. The summed E-state index contributed by atoms with van der Waals surface area (Å²) in [5.74, 6) is -0.473. The van der Waals surface area contributed by atoms with E-state index in [0.29, 0.717) is 12.5 Å². The van der Waals surface area contributed by atoms with Crippen LogP contribution >= 0.6 is 0 Å². The summed E-state index contributed by atoms with van der Waals surface area (Å²) in [6.45, 7) is 2.39. The molecule has 17 heavy (non-hydrogen) atoms. The second-order valence-electron chi connectivity index (χ2n) is 4.62. The molecule has 0 aromatic heterocycles. The van der Waals surface area contributed by atoms with Crippen molar-refractivity contribution in [2.24, 2.45) is 5.92 Å². The number of hydrogen-bond donors (Lipinski definition) is 3. The number of rotatable bonds is 5. The number of anilines is 1. The molecule has 0 spiro atoms. The molecule has 0 saturated heterocycles. The van der Waals surface area contributed by atoms with Gasteiger partial charge in [-0.1, -0.05) is 0 Å². The Hall–Kier alpha value is -1.55. The van der Waals surface area contributed by atoms with Crippen molar-refractivity contribution in [3.05, 3.63) is 29.3 Å². The lowest BCUT2D eigenvalue weighted by Crippen LogP contribution is -2.21. The van der Waals surface area contributed by atoms with Crippen LogP contribution < -0.4 is 5.32 Å². The van der Waals surface area contributed by atoms with Crippen molar-refractivity contribution in [1.82, 2.24) is 0 Å². The first-order valence-corrected chi connectivity index (χ1v) is 5.84. The maximum atomic E-state index is 10.8. The predicted molar refractivity (Wildman–Crippen MR) is 65.4 cm³/mol. The zero-order chi connectivity index (χ0) is 12.4. The largest absolute Gasteiger partial charge is 0.478 e. The van der Waals surface area contributed by atoms with Gasteiger partial charge in [-0.25, -0.2) is 4.79 Å². The number of aliphatic hydroxyl groups excluding tert-OH is 1. The second-order valence-corrected chi connectivity index (χ2v) is 4.62. The molecule has 1 fully saturated rings. The van der Waals surface area contributed by atoms with E-state index in [1.807, 2.05) is 6.92 Å². The first-order valence-electron chi connectivity index (χ1n) is 5.84. The number of aromatic carboxylic acids is 1.